The van der Waals surface area contributed by atoms with E-state index in [-0.39, 0.29) is 25.0 Å². The molecule has 240 valence electrons. The minimum atomic E-state index is -2.06. The average Bonchev–Trinajstić information content (AvgIpc) is 2.97. The second kappa shape index (κ2) is 10.9. The molecule has 0 amide bonds. The molecule has 1 aromatic carbocycles. The van der Waals surface area contributed by atoms with Crippen molar-refractivity contribution in [2.45, 2.75) is 89.2 Å². The second-order valence-electron chi connectivity index (χ2n) is 12.9. The summed E-state index contributed by atoms with van der Waals surface area (Å²) in [5.74, 6) is -3.41. The molecule has 3 aliphatic carbocycles. The number of hydrogen-bond donors (Lipinski definition) is 2. The van der Waals surface area contributed by atoms with Gasteiger partial charge in [0.2, 0.25) is 0 Å². The Labute approximate surface area is 255 Å². The molecule has 0 radical (unpaired) electrons. The number of ether oxygens (including phenoxy) is 6. The van der Waals surface area contributed by atoms with Crippen LogP contribution in [0.15, 0.2) is 41.5 Å². The van der Waals surface area contributed by atoms with Gasteiger partial charge in [-0.15, -0.1) is 0 Å². The summed E-state index contributed by atoms with van der Waals surface area (Å²) in [7, 11) is 2.46. The van der Waals surface area contributed by atoms with Crippen LogP contribution < -0.4 is 0 Å². The van der Waals surface area contributed by atoms with Crippen LogP contribution in [0.2, 0.25) is 0 Å². The van der Waals surface area contributed by atoms with Gasteiger partial charge < -0.3 is 38.6 Å². The number of ketones is 1. The first-order valence-corrected chi connectivity index (χ1v) is 14.6. The minimum Gasteiger partial charge on any atom is -0.455 e. The Morgan fingerprint density at radius 2 is 1.70 bits per heavy atom. The van der Waals surface area contributed by atoms with Crippen LogP contribution in [0.3, 0.4) is 0 Å². The van der Waals surface area contributed by atoms with Crippen LogP contribution in [-0.2, 0) is 38.0 Å². The van der Waals surface area contributed by atoms with E-state index in [2.05, 4.69) is 0 Å². The molecule has 1 aromatic rings. The van der Waals surface area contributed by atoms with E-state index in [0.717, 1.165) is 7.11 Å². The Morgan fingerprint density at radius 3 is 2.25 bits per heavy atom. The minimum absolute atomic E-state index is 0.0701. The van der Waals surface area contributed by atoms with Gasteiger partial charge >= 0.3 is 18.1 Å². The van der Waals surface area contributed by atoms with Crippen LogP contribution in [-0.4, -0.2) is 96.6 Å². The molecule has 2 saturated carbocycles. The van der Waals surface area contributed by atoms with E-state index in [0.29, 0.717) is 11.1 Å². The Bertz CT molecular complexity index is 1390. The number of Topliss-reactive ketones (excluding diaryl/α,β-unsaturated/α-hetero) is 1. The van der Waals surface area contributed by atoms with Crippen LogP contribution in [0.5, 0.6) is 0 Å². The SMILES string of the molecule is COC(=O)O[C@H]1C[C@H]2OC[C@@]2(OC(C)=O)[C@H]2[C@H](OC(=O)c3ccccc3)[C@]3(O)C[C@H](O)C(C)=C([C@@H](OC)C(=O)[C@]12C)C3(C)C. The van der Waals surface area contributed by atoms with Gasteiger partial charge in [0.05, 0.1) is 36.7 Å². The summed E-state index contributed by atoms with van der Waals surface area (Å²) in [4.78, 5) is 54.1. The van der Waals surface area contributed by atoms with E-state index in [1.165, 1.54) is 33.1 Å². The van der Waals surface area contributed by atoms with Gasteiger partial charge in [0.15, 0.2) is 11.4 Å². The largest absolute Gasteiger partial charge is 0.508 e. The highest BCUT2D eigenvalue weighted by atomic mass is 16.7. The highest BCUT2D eigenvalue weighted by Crippen LogP contribution is 2.64. The first-order valence-electron chi connectivity index (χ1n) is 14.6. The van der Waals surface area contributed by atoms with E-state index in [1.807, 2.05) is 0 Å². The lowest BCUT2D eigenvalue weighted by Gasteiger charge is -2.67. The lowest BCUT2D eigenvalue weighted by molar-refractivity contribution is -0.346. The van der Waals surface area contributed by atoms with Crippen molar-refractivity contribution in [1.82, 2.24) is 0 Å². The van der Waals surface area contributed by atoms with Gasteiger partial charge in [-0.2, -0.15) is 0 Å². The summed E-state index contributed by atoms with van der Waals surface area (Å²) in [6.45, 7) is 7.61. The normalized spacial score (nSPS) is 39.0. The average molecular weight is 617 g/mol. The Hall–Kier alpha value is -3.32. The molecule has 5 rings (SSSR count). The highest BCUT2D eigenvalue weighted by molar-refractivity contribution is 5.94. The van der Waals surface area contributed by atoms with E-state index < -0.39 is 82.3 Å². The van der Waals surface area contributed by atoms with Gasteiger partial charge in [0.1, 0.15) is 30.0 Å². The maximum Gasteiger partial charge on any atom is 0.508 e. The molecule has 1 aliphatic heterocycles. The van der Waals surface area contributed by atoms with Gasteiger partial charge in [0.25, 0.3) is 0 Å². The number of carbonyl (C=O) groups is 4. The third kappa shape index (κ3) is 4.40. The van der Waals surface area contributed by atoms with E-state index in [9.17, 15) is 24.6 Å². The Morgan fingerprint density at radius 1 is 1.05 bits per heavy atom. The predicted octanol–water partition coefficient (Wildman–Crippen LogP) is 2.53. The predicted molar refractivity (Wildman–Crippen MR) is 151 cm³/mol. The first kappa shape index (κ1) is 32.1. The lowest BCUT2D eigenvalue weighted by atomic mass is 9.44. The molecule has 12 nitrogen and oxygen atoms in total. The summed E-state index contributed by atoms with van der Waals surface area (Å²) >= 11 is 0. The standard InChI is InChI=1S/C32H40O12/c1-16-19(34)14-32(38)26(43-27(36)18-11-9-8-10-12-18)24-30(5,25(35)23(39-6)22(16)29(32,3)4)20(42-28(37)40-7)13-21-31(24,15-41-21)44-17(2)33/h8-12,19-21,23-24,26,34,38H,13-15H2,1-7H3/t19-,20-,21+,23+,24-,26-,30+,31-,32+/m0/s1. The van der Waals surface area contributed by atoms with Crippen LogP contribution in [0.25, 0.3) is 0 Å². The topological polar surface area (TPSA) is 164 Å². The number of methoxy groups -OCH3 is 2. The van der Waals surface area contributed by atoms with Gasteiger partial charge in [-0.1, -0.05) is 32.0 Å². The van der Waals surface area contributed by atoms with Crippen LogP contribution in [0, 0.1) is 16.7 Å². The molecule has 44 heavy (non-hydrogen) atoms. The quantitative estimate of drug-likeness (QED) is 0.283. The van der Waals surface area contributed by atoms with E-state index in [4.69, 9.17) is 28.4 Å². The number of fused-ring (bicyclic) bond motifs is 5. The fourth-order valence-electron chi connectivity index (χ4n) is 8.17. The van der Waals surface area contributed by atoms with E-state index in [1.54, 1.807) is 39.0 Å². The summed E-state index contributed by atoms with van der Waals surface area (Å²) in [6.07, 6.45) is -7.72. The Kier molecular flexibility index (Phi) is 7.97. The summed E-state index contributed by atoms with van der Waals surface area (Å²) < 4.78 is 34.5. The molecule has 0 aromatic heterocycles. The smallest absolute Gasteiger partial charge is 0.455 e. The number of hydrogen-bond acceptors (Lipinski definition) is 12. The number of esters is 2. The molecule has 2 bridgehead atoms. The lowest BCUT2D eigenvalue weighted by Crippen LogP contribution is -2.82. The van der Waals surface area contributed by atoms with Crippen LogP contribution >= 0.6 is 0 Å². The Balaban J connectivity index is 1.85. The van der Waals surface area contributed by atoms with Crippen molar-refractivity contribution in [2.75, 3.05) is 20.8 Å². The number of aliphatic hydroxyl groups excluding tert-OH is 1. The van der Waals surface area contributed by atoms with Crippen molar-refractivity contribution < 1.29 is 57.8 Å². The van der Waals surface area contributed by atoms with Gasteiger partial charge in [-0.3, -0.25) is 9.59 Å². The second-order valence-corrected chi connectivity index (χ2v) is 12.9. The molecule has 0 unspecified atom stereocenters. The number of benzene rings is 1. The summed E-state index contributed by atoms with van der Waals surface area (Å²) in [5, 5.41) is 24.3. The number of rotatable bonds is 5. The van der Waals surface area contributed by atoms with Gasteiger partial charge in [0, 0.05) is 32.3 Å². The number of carbonyl (C=O) groups excluding carboxylic acids is 4. The molecule has 9 atom stereocenters. The molecular weight excluding hydrogens is 576 g/mol. The number of aliphatic hydroxyl groups is 2. The monoisotopic (exact) mass is 616 g/mol. The molecule has 12 heteroatoms. The van der Waals surface area contributed by atoms with Crippen LogP contribution in [0.1, 0.15) is 57.8 Å². The van der Waals surface area contributed by atoms with Crippen molar-refractivity contribution in [3.63, 3.8) is 0 Å². The van der Waals surface area contributed by atoms with Crippen molar-refractivity contribution in [3.8, 4) is 0 Å². The molecule has 1 saturated heterocycles. The summed E-state index contributed by atoms with van der Waals surface area (Å²) in [6, 6.07) is 8.10. The van der Waals surface area contributed by atoms with Crippen molar-refractivity contribution in [1.29, 1.82) is 0 Å². The third-order valence-corrected chi connectivity index (χ3v) is 10.5. The molecule has 2 N–H and O–H groups in total. The zero-order valence-electron chi connectivity index (χ0n) is 25.9. The van der Waals surface area contributed by atoms with Crippen molar-refractivity contribution in [3.05, 3.63) is 47.0 Å². The van der Waals surface area contributed by atoms with Gasteiger partial charge in [-0.05, 0) is 37.1 Å². The third-order valence-electron chi connectivity index (χ3n) is 10.5. The highest BCUT2D eigenvalue weighted by Gasteiger charge is 2.78. The van der Waals surface area contributed by atoms with Crippen molar-refractivity contribution >= 4 is 23.9 Å². The maximum atomic E-state index is 15.0. The zero-order valence-corrected chi connectivity index (χ0v) is 25.9. The van der Waals surface area contributed by atoms with Crippen LogP contribution in [0.4, 0.5) is 4.79 Å². The molecule has 3 fully saturated rings. The van der Waals surface area contributed by atoms with Gasteiger partial charge in [-0.25, -0.2) is 9.59 Å². The fourth-order valence-corrected chi connectivity index (χ4v) is 8.17. The molecule has 1 heterocycles. The van der Waals surface area contributed by atoms with E-state index >= 15 is 4.79 Å². The molecular formula is C32H40O12. The molecule has 0 spiro atoms. The van der Waals surface area contributed by atoms with Crippen molar-refractivity contribution in [2.24, 2.45) is 16.7 Å². The summed E-state index contributed by atoms with van der Waals surface area (Å²) in [5.41, 5.74) is -5.86. The molecule has 4 aliphatic rings. The zero-order chi connectivity index (χ0) is 32.4. The first-order chi connectivity index (χ1) is 20.6. The fraction of sp³-hybridized carbons (Fsp3) is 0.625. The maximum absolute atomic E-state index is 15.0.